The molecule has 0 bridgehead atoms. The van der Waals surface area contributed by atoms with Crippen LogP contribution in [-0.4, -0.2) is 22.4 Å². The summed E-state index contributed by atoms with van der Waals surface area (Å²) < 4.78 is 0. The van der Waals surface area contributed by atoms with E-state index in [9.17, 15) is 4.79 Å². The van der Waals surface area contributed by atoms with Crippen LogP contribution in [-0.2, 0) is 6.42 Å². The molecule has 0 spiro atoms. The topological polar surface area (TPSA) is 54.9 Å². The van der Waals surface area contributed by atoms with Gasteiger partial charge in [-0.3, -0.25) is 4.79 Å². The Labute approximate surface area is 120 Å². The highest BCUT2D eigenvalue weighted by Gasteiger charge is 2.06. The molecule has 6 heteroatoms. The third-order valence-electron chi connectivity index (χ3n) is 2.47. The zero-order chi connectivity index (χ0) is 13.7. The molecule has 1 heterocycles. The first-order valence-electron chi connectivity index (χ1n) is 5.65. The Bertz CT molecular complexity index is 555. The normalized spacial score (nSPS) is 10.2. The lowest BCUT2D eigenvalue weighted by atomic mass is 10.1. The Morgan fingerprint density at radius 1 is 1.11 bits per heavy atom. The van der Waals surface area contributed by atoms with Crippen LogP contribution in [0.2, 0.25) is 10.2 Å². The van der Waals surface area contributed by atoms with Crippen LogP contribution >= 0.6 is 23.2 Å². The number of benzene rings is 1. The molecule has 0 unspecified atom stereocenters. The molecule has 2 aromatic rings. The molecule has 0 radical (unpaired) electrons. The maximum atomic E-state index is 11.7. The van der Waals surface area contributed by atoms with Crippen LogP contribution in [0.5, 0.6) is 0 Å². The monoisotopic (exact) mass is 295 g/mol. The molecule has 19 heavy (non-hydrogen) atoms. The van der Waals surface area contributed by atoms with Crippen molar-refractivity contribution in [3.05, 3.63) is 58.1 Å². The minimum absolute atomic E-state index is 0.250. The molecular weight excluding hydrogens is 285 g/mol. The maximum absolute atomic E-state index is 11.7. The van der Waals surface area contributed by atoms with Crippen molar-refractivity contribution >= 4 is 29.1 Å². The summed E-state index contributed by atoms with van der Waals surface area (Å²) in [6, 6.07) is 7.50. The largest absolute Gasteiger partial charge is 0.350 e. The number of carbonyl (C=O) groups is 1. The number of hydrogen-bond acceptors (Lipinski definition) is 3. The van der Waals surface area contributed by atoms with Crippen molar-refractivity contribution in [2.45, 2.75) is 6.42 Å². The van der Waals surface area contributed by atoms with Gasteiger partial charge in [0.15, 0.2) is 0 Å². The van der Waals surface area contributed by atoms with E-state index in [-0.39, 0.29) is 16.8 Å². The number of amides is 1. The van der Waals surface area contributed by atoms with Crippen LogP contribution in [0.15, 0.2) is 36.7 Å². The van der Waals surface area contributed by atoms with E-state index in [2.05, 4.69) is 15.3 Å². The highest BCUT2D eigenvalue weighted by atomic mass is 35.5. The Morgan fingerprint density at radius 2 is 1.84 bits per heavy atom. The van der Waals surface area contributed by atoms with Gasteiger partial charge in [0, 0.05) is 11.6 Å². The second-order valence-corrected chi connectivity index (χ2v) is 4.68. The quantitative estimate of drug-likeness (QED) is 0.944. The van der Waals surface area contributed by atoms with E-state index in [1.165, 1.54) is 12.4 Å². The molecule has 0 atom stereocenters. The minimum atomic E-state index is -0.266. The Morgan fingerprint density at radius 3 is 2.47 bits per heavy atom. The molecule has 1 amide bonds. The summed E-state index contributed by atoms with van der Waals surface area (Å²) in [4.78, 5) is 19.4. The maximum Gasteiger partial charge on any atom is 0.271 e. The molecule has 0 saturated carbocycles. The summed E-state index contributed by atoms with van der Waals surface area (Å²) in [7, 11) is 0. The first-order chi connectivity index (χ1) is 9.15. The fraction of sp³-hybridized carbons (Fsp3) is 0.154. The van der Waals surface area contributed by atoms with E-state index < -0.39 is 0 Å². The van der Waals surface area contributed by atoms with Gasteiger partial charge in [-0.1, -0.05) is 35.3 Å². The van der Waals surface area contributed by atoms with Gasteiger partial charge in [-0.2, -0.15) is 0 Å². The fourth-order valence-electron chi connectivity index (χ4n) is 1.49. The molecule has 0 aliphatic rings. The molecule has 0 aliphatic heterocycles. The van der Waals surface area contributed by atoms with Crippen molar-refractivity contribution in [3.8, 4) is 0 Å². The molecule has 1 aromatic carbocycles. The van der Waals surface area contributed by atoms with Crippen LogP contribution < -0.4 is 5.32 Å². The number of nitrogens with zero attached hydrogens (tertiary/aromatic N) is 2. The van der Waals surface area contributed by atoms with E-state index in [1.54, 1.807) is 0 Å². The van der Waals surface area contributed by atoms with E-state index in [4.69, 9.17) is 23.2 Å². The average molecular weight is 296 g/mol. The summed E-state index contributed by atoms with van der Waals surface area (Å²) in [5, 5.41) is 3.72. The number of halogens is 2. The van der Waals surface area contributed by atoms with Crippen LogP contribution in [0.3, 0.4) is 0 Å². The van der Waals surface area contributed by atoms with Gasteiger partial charge >= 0.3 is 0 Å². The van der Waals surface area contributed by atoms with Crippen molar-refractivity contribution in [2.75, 3.05) is 6.54 Å². The van der Waals surface area contributed by atoms with Gasteiger partial charge < -0.3 is 5.32 Å². The summed E-state index contributed by atoms with van der Waals surface area (Å²) in [6.45, 7) is 0.519. The van der Waals surface area contributed by atoms with Crippen LogP contribution in [0.4, 0.5) is 0 Å². The summed E-state index contributed by atoms with van der Waals surface area (Å²) >= 11 is 11.4. The SMILES string of the molecule is O=C(NCCc1ccc(Cl)cc1)c1cnc(Cl)cn1. The van der Waals surface area contributed by atoms with Crippen molar-refractivity contribution in [2.24, 2.45) is 0 Å². The van der Waals surface area contributed by atoms with Gasteiger partial charge in [0.2, 0.25) is 0 Å². The number of rotatable bonds is 4. The molecule has 1 aromatic heterocycles. The van der Waals surface area contributed by atoms with Gasteiger partial charge in [-0.25, -0.2) is 9.97 Å². The highest BCUT2D eigenvalue weighted by Crippen LogP contribution is 2.09. The molecule has 1 N–H and O–H groups in total. The zero-order valence-corrected chi connectivity index (χ0v) is 11.4. The van der Waals surface area contributed by atoms with Crippen molar-refractivity contribution in [1.82, 2.24) is 15.3 Å². The van der Waals surface area contributed by atoms with Gasteiger partial charge in [-0.05, 0) is 24.1 Å². The fourth-order valence-corrected chi connectivity index (χ4v) is 1.72. The van der Waals surface area contributed by atoms with Gasteiger partial charge in [0.25, 0.3) is 5.91 Å². The number of hydrogen-bond donors (Lipinski definition) is 1. The van der Waals surface area contributed by atoms with Gasteiger partial charge in [0.1, 0.15) is 10.8 Å². The number of carbonyl (C=O) groups excluding carboxylic acids is 1. The van der Waals surface area contributed by atoms with E-state index in [1.807, 2.05) is 24.3 Å². The average Bonchev–Trinajstić information content (AvgIpc) is 2.41. The van der Waals surface area contributed by atoms with Gasteiger partial charge in [-0.15, -0.1) is 0 Å². The molecule has 0 saturated heterocycles. The lowest BCUT2D eigenvalue weighted by molar-refractivity contribution is 0.0949. The third-order valence-corrected chi connectivity index (χ3v) is 2.91. The molecule has 2 rings (SSSR count). The number of aromatic nitrogens is 2. The summed E-state index contributed by atoms with van der Waals surface area (Å²) in [6.07, 6.45) is 3.42. The Balaban J connectivity index is 1.84. The van der Waals surface area contributed by atoms with Crippen LogP contribution in [0.1, 0.15) is 16.1 Å². The second kappa shape index (κ2) is 6.50. The van der Waals surface area contributed by atoms with E-state index in [0.717, 1.165) is 12.0 Å². The van der Waals surface area contributed by atoms with Crippen molar-refractivity contribution in [3.63, 3.8) is 0 Å². The molecule has 0 aliphatic carbocycles. The Hall–Kier alpha value is -1.65. The Kier molecular flexibility index (Phi) is 4.71. The lowest BCUT2D eigenvalue weighted by Gasteiger charge is -2.04. The van der Waals surface area contributed by atoms with E-state index in [0.29, 0.717) is 11.6 Å². The van der Waals surface area contributed by atoms with Crippen molar-refractivity contribution < 1.29 is 4.79 Å². The smallest absolute Gasteiger partial charge is 0.271 e. The first kappa shape index (κ1) is 13.8. The second-order valence-electron chi connectivity index (χ2n) is 3.86. The summed E-state index contributed by atoms with van der Waals surface area (Å²) in [5.41, 5.74) is 1.35. The van der Waals surface area contributed by atoms with Crippen LogP contribution in [0.25, 0.3) is 0 Å². The van der Waals surface area contributed by atoms with Crippen molar-refractivity contribution in [1.29, 1.82) is 0 Å². The standard InChI is InChI=1S/C13H11Cl2N3O/c14-10-3-1-9(2-4-10)5-6-16-13(19)11-7-18-12(15)8-17-11/h1-4,7-8H,5-6H2,(H,16,19). The predicted octanol–water partition coefficient (Wildman–Crippen LogP) is 2.76. The molecular formula is C13H11Cl2N3O. The molecule has 4 nitrogen and oxygen atoms in total. The summed E-state index contributed by atoms with van der Waals surface area (Å²) in [5.74, 6) is -0.266. The first-order valence-corrected chi connectivity index (χ1v) is 6.41. The zero-order valence-electron chi connectivity index (χ0n) is 9.94. The van der Waals surface area contributed by atoms with Gasteiger partial charge in [0.05, 0.1) is 12.4 Å². The third kappa shape index (κ3) is 4.19. The lowest BCUT2D eigenvalue weighted by Crippen LogP contribution is -2.26. The predicted molar refractivity (Wildman–Crippen MR) is 74.5 cm³/mol. The molecule has 98 valence electrons. The minimum Gasteiger partial charge on any atom is -0.350 e. The number of nitrogens with one attached hydrogen (secondary N) is 1. The van der Waals surface area contributed by atoms with E-state index >= 15 is 0 Å². The molecule has 0 fully saturated rings. The van der Waals surface area contributed by atoms with Crippen LogP contribution in [0, 0.1) is 0 Å². The highest BCUT2D eigenvalue weighted by molar-refractivity contribution is 6.30.